The van der Waals surface area contributed by atoms with E-state index in [9.17, 15) is 9.59 Å². The first kappa shape index (κ1) is 15.0. The van der Waals surface area contributed by atoms with Crippen molar-refractivity contribution in [3.05, 3.63) is 35.3 Å². The maximum absolute atomic E-state index is 11.5. The van der Waals surface area contributed by atoms with Gasteiger partial charge < -0.3 is 15.2 Å². The van der Waals surface area contributed by atoms with E-state index in [1.54, 1.807) is 12.5 Å². The maximum atomic E-state index is 11.5. The number of nitrogens with one attached hydrogen (secondary N) is 1. The third-order valence-electron chi connectivity index (χ3n) is 2.65. The first-order chi connectivity index (χ1) is 10.1. The molecule has 2 aromatic rings. The van der Waals surface area contributed by atoms with Crippen molar-refractivity contribution in [2.75, 3.05) is 13.7 Å². The molecule has 0 atom stereocenters. The van der Waals surface area contributed by atoms with Crippen molar-refractivity contribution in [2.24, 2.45) is 0 Å². The number of aliphatic carboxylic acids is 1. The van der Waals surface area contributed by atoms with E-state index in [0.29, 0.717) is 5.69 Å². The number of aromatic nitrogens is 1. The monoisotopic (exact) mass is 306 g/mol. The van der Waals surface area contributed by atoms with E-state index in [4.69, 9.17) is 9.84 Å². The number of methoxy groups -OCH3 is 1. The Morgan fingerprint density at radius 2 is 2.24 bits per heavy atom. The second-order valence-electron chi connectivity index (χ2n) is 4.22. The van der Waals surface area contributed by atoms with E-state index in [0.717, 1.165) is 16.3 Å². The fourth-order valence-corrected chi connectivity index (χ4v) is 2.49. The van der Waals surface area contributed by atoms with Crippen LogP contribution in [-0.2, 0) is 16.0 Å². The fourth-order valence-electron chi connectivity index (χ4n) is 1.68. The molecule has 0 spiro atoms. The number of amides is 1. The Kier molecular flexibility index (Phi) is 4.89. The lowest BCUT2D eigenvalue weighted by Crippen LogP contribution is -2.30. The summed E-state index contributed by atoms with van der Waals surface area (Å²) < 4.78 is 5.16. The lowest BCUT2D eigenvalue weighted by Gasteiger charge is -2.01. The van der Waals surface area contributed by atoms with Crippen LogP contribution in [0.3, 0.4) is 0 Å². The van der Waals surface area contributed by atoms with Crippen molar-refractivity contribution in [3.8, 4) is 16.3 Å². The van der Waals surface area contributed by atoms with Gasteiger partial charge in [-0.3, -0.25) is 9.59 Å². The molecule has 1 aromatic carbocycles. The summed E-state index contributed by atoms with van der Waals surface area (Å²) >= 11 is 1.43. The van der Waals surface area contributed by atoms with Gasteiger partial charge in [0.15, 0.2) is 0 Å². The Morgan fingerprint density at radius 3 is 2.95 bits per heavy atom. The van der Waals surface area contributed by atoms with E-state index >= 15 is 0 Å². The van der Waals surface area contributed by atoms with Crippen molar-refractivity contribution in [2.45, 2.75) is 6.42 Å². The molecule has 0 unspecified atom stereocenters. The van der Waals surface area contributed by atoms with Gasteiger partial charge in [0.2, 0.25) is 5.91 Å². The second kappa shape index (κ2) is 6.85. The number of carboxylic acid groups (broad SMARTS) is 1. The van der Waals surface area contributed by atoms with Crippen LogP contribution in [0, 0.1) is 0 Å². The fraction of sp³-hybridized carbons (Fsp3) is 0.214. The molecule has 21 heavy (non-hydrogen) atoms. The molecule has 0 aliphatic heterocycles. The summed E-state index contributed by atoms with van der Waals surface area (Å²) in [5, 5.41) is 13.4. The smallest absolute Gasteiger partial charge is 0.322 e. The Balaban J connectivity index is 2.04. The number of carboxylic acids is 1. The highest BCUT2D eigenvalue weighted by Gasteiger charge is 2.10. The summed E-state index contributed by atoms with van der Waals surface area (Å²) in [6.07, 6.45) is 0.0632. The molecule has 1 aromatic heterocycles. The molecule has 0 fully saturated rings. The third kappa shape index (κ3) is 4.28. The van der Waals surface area contributed by atoms with Crippen molar-refractivity contribution in [3.63, 3.8) is 0 Å². The zero-order valence-corrected chi connectivity index (χ0v) is 12.1. The normalized spacial score (nSPS) is 10.1. The average molecular weight is 306 g/mol. The number of benzene rings is 1. The second-order valence-corrected chi connectivity index (χ2v) is 5.08. The van der Waals surface area contributed by atoms with Gasteiger partial charge >= 0.3 is 5.97 Å². The van der Waals surface area contributed by atoms with Crippen LogP contribution >= 0.6 is 11.3 Å². The van der Waals surface area contributed by atoms with Gasteiger partial charge in [-0.15, -0.1) is 11.3 Å². The largest absolute Gasteiger partial charge is 0.497 e. The van der Waals surface area contributed by atoms with E-state index in [2.05, 4.69) is 10.3 Å². The van der Waals surface area contributed by atoms with Crippen LogP contribution in [0.2, 0.25) is 0 Å². The first-order valence-corrected chi connectivity index (χ1v) is 7.04. The molecule has 0 saturated heterocycles. The molecule has 6 nitrogen and oxygen atoms in total. The number of hydrogen-bond acceptors (Lipinski definition) is 5. The molecule has 0 aliphatic carbocycles. The molecular formula is C14H14N2O4S. The number of carbonyl (C=O) groups excluding carboxylic acids is 1. The number of thiazole rings is 1. The Bertz CT molecular complexity index is 654. The molecule has 0 radical (unpaired) electrons. The van der Waals surface area contributed by atoms with Gasteiger partial charge in [0.25, 0.3) is 0 Å². The first-order valence-electron chi connectivity index (χ1n) is 6.16. The SMILES string of the molecule is COc1cccc(-c2nc(CC(=O)NCC(=O)O)cs2)c1. The standard InChI is InChI=1S/C14H14N2O4S/c1-20-11-4-2-3-9(5-11)14-16-10(8-21-14)6-12(17)15-7-13(18)19/h2-5,8H,6-7H2,1H3,(H,15,17)(H,18,19). The van der Waals surface area contributed by atoms with Gasteiger partial charge in [-0.1, -0.05) is 12.1 Å². The summed E-state index contributed by atoms with van der Waals surface area (Å²) in [6.45, 7) is -0.383. The van der Waals surface area contributed by atoms with Crippen LogP contribution in [0.1, 0.15) is 5.69 Å². The molecule has 0 aliphatic rings. The minimum absolute atomic E-state index is 0.0632. The van der Waals surface area contributed by atoms with Gasteiger partial charge in [-0.2, -0.15) is 0 Å². The van der Waals surface area contributed by atoms with Gasteiger partial charge in [-0.05, 0) is 12.1 Å². The van der Waals surface area contributed by atoms with Crippen LogP contribution < -0.4 is 10.1 Å². The van der Waals surface area contributed by atoms with Gasteiger partial charge in [0, 0.05) is 10.9 Å². The molecule has 2 rings (SSSR count). The van der Waals surface area contributed by atoms with Crippen molar-refractivity contribution in [1.29, 1.82) is 0 Å². The van der Waals surface area contributed by atoms with Crippen molar-refractivity contribution in [1.82, 2.24) is 10.3 Å². The molecule has 1 heterocycles. The molecule has 0 saturated carbocycles. The summed E-state index contributed by atoms with van der Waals surface area (Å²) in [5.41, 5.74) is 1.53. The van der Waals surface area contributed by atoms with E-state index in [-0.39, 0.29) is 18.9 Å². The van der Waals surface area contributed by atoms with Gasteiger partial charge in [0.1, 0.15) is 17.3 Å². The van der Waals surface area contributed by atoms with Crippen LogP contribution in [0.15, 0.2) is 29.6 Å². The molecule has 1 amide bonds. The number of ether oxygens (including phenoxy) is 1. The summed E-state index contributed by atoms with van der Waals surface area (Å²) in [5.74, 6) is -0.693. The maximum Gasteiger partial charge on any atom is 0.322 e. The highest BCUT2D eigenvalue weighted by molar-refractivity contribution is 7.13. The van der Waals surface area contributed by atoms with Crippen LogP contribution in [0.5, 0.6) is 5.75 Å². The molecule has 110 valence electrons. The Morgan fingerprint density at radius 1 is 1.43 bits per heavy atom. The molecule has 0 bridgehead atoms. The average Bonchev–Trinajstić information content (AvgIpc) is 2.93. The number of nitrogens with zero attached hydrogens (tertiary/aromatic N) is 1. The molecule has 2 N–H and O–H groups in total. The lowest BCUT2D eigenvalue weighted by molar-refractivity contribution is -0.137. The minimum atomic E-state index is -1.07. The van der Waals surface area contributed by atoms with Gasteiger partial charge in [0.05, 0.1) is 19.2 Å². The Hall–Kier alpha value is -2.41. The van der Waals surface area contributed by atoms with E-state index < -0.39 is 5.97 Å². The Labute approximate surface area is 125 Å². The van der Waals surface area contributed by atoms with Crippen LogP contribution in [-0.4, -0.2) is 35.6 Å². The predicted octanol–water partition coefficient (Wildman–Crippen LogP) is 1.56. The van der Waals surface area contributed by atoms with Crippen LogP contribution in [0.25, 0.3) is 10.6 Å². The molecule has 7 heteroatoms. The lowest BCUT2D eigenvalue weighted by atomic mass is 10.2. The number of rotatable bonds is 6. The highest BCUT2D eigenvalue weighted by atomic mass is 32.1. The topological polar surface area (TPSA) is 88.5 Å². The zero-order chi connectivity index (χ0) is 15.2. The van der Waals surface area contributed by atoms with E-state index in [1.807, 2.05) is 24.3 Å². The van der Waals surface area contributed by atoms with E-state index in [1.165, 1.54) is 11.3 Å². The summed E-state index contributed by atoms with van der Waals surface area (Å²) in [4.78, 5) is 26.3. The zero-order valence-electron chi connectivity index (χ0n) is 11.3. The molecular weight excluding hydrogens is 292 g/mol. The van der Waals surface area contributed by atoms with Crippen LogP contribution in [0.4, 0.5) is 0 Å². The van der Waals surface area contributed by atoms with Gasteiger partial charge in [-0.25, -0.2) is 4.98 Å². The highest BCUT2D eigenvalue weighted by Crippen LogP contribution is 2.26. The van der Waals surface area contributed by atoms with Crippen molar-refractivity contribution < 1.29 is 19.4 Å². The number of carbonyl (C=O) groups is 2. The predicted molar refractivity (Wildman–Crippen MR) is 78.5 cm³/mol. The summed E-state index contributed by atoms with van der Waals surface area (Å²) in [6, 6.07) is 7.49. The summed E-state index contributed by atoms with van der Waals surface area (Å²) in [7, 11) is 1.60. The quantitative estimate of drug-likeness (QED) is 0.845. The number of hydrogen-bond donors (Lipinski definition) is 2. The van der Waals surface area contributed by atoms with Crippen molar-refractivity contribution >= 4 is 23.2 Å². The minimum Gasteiger partial charge on any atom is -0.497 e. The third-order valence-corrected chi connectivity index (χ3v) is 3.59.